The number of esters is 1. The normalized spacial score (nSPS) is 12.7. The average molecular weight is 320 g/mol. The number of hydrogen-bond donors (Lipinski definition) is 2. The molecule has 0 bridgehead atoms. The van der Waals surface area contributed by atoms with Gasteiger partial charge < -0.3 is 19.7 Å². The molecule has 0 heterocycles. The largest absolute Gasteiger partial charge is 0.491 e. The van der Waals surface area contributed by atoms with Crippen molar-refractivity contribution < 1.29 is 24.5 Å². The molecule has 0 radical (unpaired) electrons. The molecule has 0 fully saturated rings. The first-order chi connectivity index (χ1) is 11.2. The van der Waals surface area contributed by atoms with Gasteiger partial charge in [-0.15, -0.1) is 0 Å². The highest BCUT2D eigenvalue weighted by Gasteiger charge is 2.06. The van der Waals surface area contributed by atoms with Crippen LogP contribution in [0.3, 0.4) is 0 Å². The lowest BCUT2D eigenvalue weighted by Crippen LogP contribution is -2.02. The Labute approximate surface area is 136 Å². The summed E-state index contributed by atoms with van der Waals surface area (Å²) >= 11 is 0. The number of aliphatic hydroxyl groups excluding tert-OH is 2. The van der Waals surface area contributed by atoms with E-state index in [4.69, 9.17) is 14.6 Å². The fraction of sp³-hybridized carbons (Fsp3) is 0.389. The van der Waals surface area contributed by atoms with E-state index >= 15 is 0 Å². The van der Waals surface area contributed by atoms with Gasteiger partial charge >= 0.3 is 5.97 Å². The number of allylic oxidation sites excluding steroid dienone is 3. The molecular formula is C18H24O5. The van der Waals surface area contributed by atoms with Gasteiger partial charge in [-0.05, 0) is 37.5 Å². The highest BCUT2D eigenvalue weighted by Crippen LogP contribution is 2.21. The molecule has 5 nitrogen and oxygen atoms in total. The Hall–Kier alpha value is -2.11. The molecule has 1 rings (SSSR count). The lowest BCUT2D eigenvalue weighted by Gasteiger charge is -2.10. The van der Waals surface area contributed by atoms with Crippen LogP contribution in [-0.2, 0) is 9.53 Å². The van der Waals surface area contributed by atoms with Crippen molar-refractivity contribution >= 4 is 5.97 Å². The van der Waals surface area contributed by atoms with Crippen LogP contribution in [0.15, 0.2) is 48.6 Å². The number of rotatable bonds is 10. The molecular weight excluding hydrogens is 296 g/mol. The van der Waals surface area contributed by atoms with Gasteiger partial charge in [-0.1, -0.05) is 30.4 Å². The molecule has 0 aliphatic rings. The predicted octanol–water partition coefficient (Wildman–Crippen LogP) is 2.55. The maximum Gasteiger partial charge on any atom is 0.330 e. The van der Waals surface area contributed by atoms with E-state index in [1.807, 2.05) is 18.2 Å². The maximum absolute atomic E-state index is 11.1. The van der Waals surface area contributed by atoms with Crippen molar-refractivity contribution in [2.45, 2.75) is 25.9 Å². The standard InChI is InChI=1S/C18H24O5/c1-2-22-18(21)8-6-4-3-5-7-17(20)15-9-11-16(12-10-15)23-14-13-19/h3-4,6,8-12,17,19-20H,2,5,7,13-14H2,1H3/b4-3+,8-6+/t17-/m1/s1. The molecule has 0 aromatic heterocycles. The number of aliphatic hydroxyl groups is 2. The van der Waals surface area contributed by atoms with E-state index in [1.54, 1.807) is 31.2 Å². The van der Waals surface area contributed by atoms with Crippen molar-refractivity contribution in [3.05, 3.63) is 54.1 Å². The molecule has 0 spiro atoms. The fourth-order valence-electron chi connectivity index (χ4n) is 1.87. The Morgan fingerprint density at radius 1 is 1.26 bits per heavy atom. The van der Waals surface area contributed by atoms with Gasteiger partial charge in [0.05, 0.1) is 19.3 Å². The molecule has 0 aliphatic heterocycles. The zero-order valence-electron chi connectivity index (χ0n) is 13.4. The Morgan fingerprint density at radius 3 is 2.65 bits per heavy atom. The van der Waals surface area contributed by atoms with Crippen molar-refractivity contribution in [2.24, 2.45) is 0 Å². The van der Waals surface area contributed by atoms with Crippen LogP contribution in [0.4, 0.5) is 0 Å². The first-order valence-electron chi connectivity index (χ1n) is 7.69. The van der Waals surface area contributed by atoms with Gasteiger partial charge in [-0.3, -0.25) is 0 Å². The van der Waals surface area contributed by atoms with Crippen molar-refractivity contribution in [3.63, 3.8) is 0 Å². The van der Waals surface area contributed by atoms with Gasteiger partial charge in [0.15, 0.2) is 0 Å². The molecule has 1 aromatic carbocycles. The van der Waals surface area contributed by atoms with E-state index in [2.05, 4.69) is 0 Å². The van der Waals surface area contributed by atoms with E-state index in [0.717, 1.165) is 5.56 Å². The van der Waals surface area contributed by atoms with E-state index < -0.39 is 6.10 Å². The second kappa shape index (κ2) is 11.5. The SMILES string of the molecule is CCOC(=O)/C=C/C=C/CC[C@@H](O)c1ccc(OCCO)cc1. The first kappa shape index (κ1) is 18.9. The fourth-order valence-corrected chi connectivity index (χ4v) is 1.87. The summed E-state index contributed by atoms with van der Waals surface area (Å²) in [6, 6.07) is 7.15. The molecule has 1 aromatic rings. The van der Waals surface area contributed by atoms with Crippen LogP contribution in [0, 0.1) is 0 Å². The molecule has 0 saturated carbocycles. The zero-order valence-corrected chi connectivity index (χ0v) is 13.4. The zero-order chi connectivity index (χ0) is 16.9. The summed E-state index contributed by atoms with van der Waals surface area (Å²) in [6.45, 7) is 2.35. The van der Waals surface area contributed by atoms with E-state index in [0.29, 0.717) is 25.2 Å². The minimum atomic E-state index is -0.555. The molecule has 2 N–H and O–H groups in total. The quantitative estimate of drug-likeness (QED) is 0.394. The second-order valence-electron chi connectivity index (χ2n) is 4.77. The van der Waals surface area contributed by atoms with Gasteiger partial charge in [0.1, 0.15) is 12.4 Å². The van der Waals surface area contributed by atoms with E-state index in [1.165, 1.54) is 6.08 Å². The van der Waals surface area contributed by atoms with Gasteiger partial charge in [0.25, 0.3) is 0 Å². The van der Waals surface area contributed by atoms with Crippen LogP contribution < -0.4 is 4.74 Å². The summed E-state index contributed by atoms with van der Waals surface area (Å²) < 4.78 is 10.0. The van der Waals surface area contributed by atoms with Gasteiger partial charge in [-0.25, -0.2) is 4.79 Å². The highest BCUT2D eigenvalue weighted by atomic mass is 16.5. The highest BCUT2D eigenvalue weighted by molar-refractivity contribution is 5.82. The van der Waals surface area contributed by atoms with Gasteiger partial charge in [-0.2, -0.15) is 0 Å². The number of carbonyl (C=O) groups is 1. The van der Waals surface area contributed by atoms with Crippen LogP contribution in [-0.4, -0.2) is 36.0 Å². The molecule has 0 aliphatic carbocycles. The number of ether oxygens (including phenoxy) is 2. The molecule has 1 atom stereocenters. The van der Waals surface area contributed by atoms with E-state index in [9.17, 15) is 9.90 Å². The van der Waals surface area contributed by atoms with Crippen LogP contribution in [0.2, 0.25) is 0 Å². The Bertz CT molecular complexity index is 505. The first-order valence-corrected chi connectivity index (χ1v) is 7.69. The molecule has 126 valence electrons. The van der Waals surface area contributed by atoms with Gasteiger partial charge in [0, 0.05) is 6.08 Å². The Kier molecular flexibility index (Phi) is 9.43. The van der Waals surface area contributed by atoms with Crippen LogP contribution in [0.5, 0.6) is 5.75 Å². The summed E-state index contributed by atoms with van der Waals surface area (Å²) in [6.07, 6.45) is 7.35. The van der Waals surface area contributed by atoms with Crippen molar-refractivity contribution in [2.75, 3.05) is 19.8 Å². The molecule has 5 heteroatoms. The minimum Gasteiger partial charge on any atom is -0.491 e. The predicted molar refractivity (Wildman–Crippen MR) is 88.1 cm³/mol. The van der Waals surface area contributed by atoms with E-state index in [-0.39, 0.29) is 19.2 Å². The summed E-state index contributed by atoms with van der Waals surface area (Å²) in [5.74, 6) is 0.305. The van der Waals surface area contributed by atoms with Crippen molar-refractivity contribution in [1.29, 1.82) is 0 Å². The monoisotopic (exact) mass is 320 g/mol. The molecule has 23 heavy (non-hydrogen) atoms. The smallest absolute Gasteiger partial charge is 0.330 e. The summed E-state index contributed by atoms with van der Waals surface area (Å²) in [5, 5.41) is 18.8. The third-order valence-corrected chi connectivity index (χ3v) is 3.00. The lowest BCUT2D eigenvalue weighted by molar-refractivity contribution is -0.137. The number of hydrogen-bond acceptors (Lipinski definition) is 5. The van der Waals surface area contributed by atoms with Crippen LogP contribution in [0.1, 0.15) is 31.4 Å². The second-order valence-corrected chi connectivity index (χ2v) is 4.77. The summed E-state index contributed by atoms with van der Waals surface area (Å²) in [5.41, 5.74) is 0.816. The third-order valence-electron chi connectivity index (χ3n) is 3.00. The Balaban J connectivity index is 2.33. The topological polar surface area (TPSA) is 76.0 Å². The third kappa shape index (κ3) is 8.18. The Morgan fingerprint density at radius 2 is 2.00 bits per heavy atom. The maximum atomic E-state index is 11.1. The van der Waals surface area contributed by atoms with Crippen molar-refractivity contribution in [3.8, 4) is 5.75 Å². The minimum absolute atomic E-state index is 0.0265. The van der Waals surface area contributed by atoms with Gasteiger partial charge in [0.2, 0.25) is 0 Å². The molecule has 0 saturated heterocycles. The molecule has 0 amide bonds. The van der Waals surface area contributed by atoms with Crippen LogP contribution >= 0.6 is 0 Å². The summed E-state index contributed by atoms with van der Waals surface area (Å²) in [7, 11) is 0. The number of benzene rings is 1. The average Bonchev–Trinajstić information content (AvgIpc) is 2.56. The summed E-state index contributed by atoms with van der Waals surface area (Å²) in [4.78, 5) is 11.1. The van der Waals surface area contributed by atoms with Crippen LogP contribution in [0.25, 0.3) is 0 Å². The lowest BCUT2D eigenvalue weighted by atomic mass is 10.0. The molecule has 0 unspecified atom stereocenters. The van der Waals surface area contributed by atoms with Crippen molar-refractivity contribution in [1.82, 2.24) is 0 Å². The number of carbonyl (C=O) groups excluding carboxylic acids is 1.